The van der Waals surface area contributed by atoms with Gasteiger partial charge >= 0.3 is 9.28 Å². The largest absolute Gasteiger partial charge is 0.425 e. The molecule has 18 heteroatoms. The Balaban J connectivity index is 0.000000292. The topological polar surface area (TPSA) is 55.4 Å². The number of hydrogen-bond acceptors (Lipinski definition) is 6. The van der Waals surface area contributed by atoms with Gasteiger partial charge in [0.05, 0.1) is 32.3 Å². The van der Waals surface area contributed by atoms with Crippen molar-refractivity contribution < 1.29 is 24.7 Å². The average Bonchev–Trinajstić information content (AvgIpc) is 2.69. The Morgan fingerprint density at radius 1 is 0.643 bits per heavy atom. The molecule has 1 aliphatic carbocycles. The molecule has 2 rings (SSSR count). The normalized spacial score (nSPS) is 43.9. The van der Waals surface area contributed by atoms with E-state index in [9.17, 15) is 0 Å². The van der Waals surface area contributed by atoms with E-state index < -0.39 is 91.6 Å². The molecule has 28 heavy (non-hydrogen) atoms. The summed E-state index contributed by atoms with van der Waals surface area (Å²) >= 11 is 35.3. The predicted octanol–water partition coefficient (Wildman–Crippen LogP) is -0.241. The highest BCUT2D eigenvalue weighted by molar-refractivity contribution is 6.60. The molecule has 1 atom stereocenters. The van der Waals surface area contributed by atoms with Gasteiger partial charge in [0, 0.05) is 0 Å². The van der Waals surface area contributed by atoms with E-state index in [1.165, 1.54) is 0 Å². The summed E-state index contributed by atoms with van der Waals surface area (Å²) in [5.41, 5.74) is 0.523. The first-order valence-electron chi connectivity index (χ1n) is 8.69. The van der Waals surface area contributed by atoms with Crippen molar-refractivity contribution in [2.45, 2.75) is 58.1 Å². The summed E-state index contributed by atoms with van der Waals surface area (Å²) in [7, 11) is -5.87. The Morgan fingerprint density at radius 2 is 0.929 bits per heavy atom. The molecule has 0 N–H and O–H groups in total. The Labute approximate surface area is 210 Å². The third-order valence-corrected chi connectivity index (χ3v) is 18.5. The van der Waals surface area contributed by atoms with Crippen LogP contribution in [0.15, 0.2) is 0 Å². The van der Waals surface area contributed by atoms with Gasteiger partial charge in [0.15, 0.2) is 0 Å². The van der Waals surface area contributed by atoms with E-state index in [2.05, 4.69) is 13.8 Å². The number of rotatable bonds is 2. The van der Waals surface area contributed by atoms with Gasteiger partial charge in [-0.15, -0.1) is 69.6 Å². The lowest BCUT2D eigenvalue weighted by Gasteiger charge is -2.37. The van der Waals surface area contributed by atoms with Crippen LogP contribution in [0.1, 0.15) is 20.3 Å². The van der Waals surface area contributed by atoms with Crippen LogP contribution in [0, 0.1) is 0 Å². The molecule has 0 aromatic carbocycles. The van der Waals surface area contributed by atoms with E-state index in [1.807, 2.05) is 0 Å². The van der Waals surface area contributed by atoms with Crippen LogP contribution in [0.25, 0.3) is 0 Å². The maximum Gasteiger partial charge on any atom is 0.305 e. The van der Waals surface area contributed by atoms with E-state index in [-0.39, 0.29) is 0 Å². The molecular formula is C10H26Cl6O6Si6. The second kappa shape index (κ2) is 16.4. The van der Waals surface area contributed by atoms with Gasteiger partial charge in [-0.05, 0) is 5.54 Å². The second-order valence-corrected chi connectivity index (χ2v) is 21.4. The SMILES string of the molecule is CCC(C)[SiH]1O[SiH2]O[SiH2]O[SiH2]O[SiH2]O[SiH2]O1.Cl[C@H]1[C@H](Cl)[C@@H](Cl)[C@@H](Cl)[C@H](Cl)[C@H]1Cl. The molecule has 1 unspecified atom stereocenters. The lowest BCUT2D eigenvalue weighted by molar-refractivity contribution is 0.327. The fourth-order valence-electron chi connectivity index (χ4n) is 2.17. The molecule has 0 bridgehead atoms. The molecule has 2 aliphatic rings. The van der Waals surface area contributed by atoms with Gasteiger partial charge in [0.2, 0.25) is 0 Å². The molecule has 168 valence electrons. The first-order valence-corrected chi connectivity index (χ1v) is 18.7. The summed E-state index contributed by atoms with van der Waals surface area (Å²) < 4.78 is 33.3. The van der Waals surface area contributed by atoms with Gasteiger partial charge in [-0.2, -0.15) is 0 Å². The van der Waals surface area contributed by atoms with E-state index in [4.69, 9.17) is 94.3 Å². The molecule has 0 aromatic heterocycles. The molecular weight excluding hydrogens is 597 g/mol. The molecule has 1 aliphatic heterocycles. The summed E-state index contributed by atoms with van der Waals surface area (Å²) in [6.07, 6.45) is 1.09. The summed E-state index contributed by atoms with van der Waals surface area (Å²) in [6, 6.07) is 0. The molecule has 1 heterocycles. The maximum atomic E-state index is 5.88. The Hall–Kier alpha value is 2.80. The Morgan fingerprint density at radius 3 is 1.21 bits per heavy atom. The number of alkyl halides is 6. The van der Waals surface area contributed by atoms with Crippen molar-refractivity contribution in [2.75, 3.05) is 0 Å². The zero-order valence-corrected chi connectivity index (χ0v) is 28.3. The third-order valence-electron chi connectivity index (χ3n) is 4.07. The van der Waals surface area contributed by atoms with Crippen LogP contribution in [-0.2, 0) is 24.7 Å². The second-order valence-electron chi connectivity index (χ2n) is 6.16. The van der Waals surface area contributed by atoms with Crippen LogP contribution in [-0.4, -0.2) is 91.6 Å². The van der Waals surface area contributed by atoms with E-state index in [0.29, 0.717) is 5.54 Å². The minimum atomic E-state index is -1.56. The van der Waals surface area contributed by atoms with Crippen LogP contribution in [0.2, 0.25) is 5.54 Å². The summed E-state index contributed by atoms with van der Waals surface area (Å²) in [5.74, 6) is 0. The zero-order chi connectivity index (χ0) is 21.1. The van der Waals surface area contributed by atoms with Crippen LogP contribution in [0.5, 0.6) is 0 Å². The fraction of sp³-hybridized carbons (Fsp3) is 1.00. The molecule has 2 fully saturated rings. The van der Waals surface area contributed by atoms with Crippen LogP contribution < -0.4 is 0 Å². The van der Waals surface area contributed by atoms with Crippen molar-refractivity contribution in [3.63, 3.8) is 0 Å². The molecule has 0 aromatic rings. The Bertz CT molecular complexity index is 357. The number of hydrogen-bond donors (Lipinski definition) is 0. The quantitative estimate of drug-likeness (QED) is 0.313. The van der Waals surface area contributed by atoms with Crippen molar-refractivity contribution in [2.24, 2.45) is 0 Å². The molecule has 0 radical (unpaired) electrons. The van der Waals surface area contributed by atoms with E-state index >= 15 is 0 Å². The standard InChI is InChI=1S/C6H6Cl6.C4H20O6Si6/c7-1-2(8)4(10)6(12)5(11)3(1)9;1-3-4(2)16-9-14-7-12-5-11-6-13-8-15-10-16/h1-6H;4,16H,3,11-15H2,1-2H3/t1-,2-,3-,4+,5+,6+;. The van der Waals surface area contributed by atoms with Gasteiger partial charge in [0.25, 0.3) is 50.0 Å². The summed E-state index contributed by atoms with van der Waals surface area (Å²) in [6.45, 7) is 4.34. The van der Waals surface area contributed by atoms with E-state index in [0.717, 1.165) is 6.42 Å². The molecule has 1 saturated carbocycles. The minimum Gasteiger partial charge on any atom is -0.425 e. The molecule has 6 nitrogen and oxygen atoms in total. The highest BCUT2D eigenvalue weighted by Gasteiger charge is 2.46. The minimum absolute atomic E-state index is 0.437. The van der Waals surface area contributed by atoms with Gasteiger partial charge in [-0.1, -0.05) is 20.3 Å². The maximum absolute atomic E-state index is 5.88. The van der Waals surface area contributed by atoms with Crippen molar-refractivity contribution in [1.29, 1.82) is 0 Å². The van der Waals surface area contributed by atoms with Gasteiger partial charge in [-0.25, -0.2) is 0 Å². The predicted molar refractivity (Wildman–Crippen MR) is 134 cm³/mol. The monoisotopic (exact) mass is 620 g/mol. The Kier molecular flexibility index (Phi) is 16.9. The summed E-state index contributed by atoms with van der Waals surface area (Å²) in [5, 5.41) is -2.62. The molecule has 0 spiro atoms. The lowest BCUT2D eigenvalue weighted by atomic mass is 9.97. The fourth-order valence-corrected chi connectivity index (χ4v) is 18.0. The third kappa shape index (κ3) is 10.2. The average molecular weight is 624 g/mol. The lowest BCUT2D eigenvalue weighted by Crippen LogP contribution is -2.52. The van der Waals surface area contributed by atoms with Crippen molar-refractivity contribution in [3.05, 3.63) is 0 Å². The van der Waals surface area contributed by atoms with Gasteiger partial charge < -0.3 is 24.7 Å². The van der Waals surface area contributed by atoms with Crippen molar-refractivity contribution >= 4 is 129 Å². The van der Waals surface area contributed by atoms with Crippen LogP contribution in [0.3, 0.4) is 0 Å². The zero-order valence-electron chi connectivity index (χ0n) is 15.6. The van der Waals surface area contributed by atoms with Crippen molar-refractivity contribution in [3.8, 4) is 0 Å². The van der Waals surface area contributed by atoms with Crippen molar-refractivity contribution in [1.82, 2.24) is 0 Å². The summed E-state index contributed by atoms with van der Waals surface area (Å²) in [4.78, 5) is 0. The highest BCUT2D eigenvalue weighted by atomic mass is 35.5. The van der Waals surface area contributed by atoms with Crippen LogP contribution in [0.4, 0.5) is 0 Å². The van der Waals surface area contributed by atoms with E-state index in [1.54, 1.807) is 0 Å². The first-order chi connectivity index (χ1) is 13.3. The first kappa shape index (κ1) is 28.8. The smallest absolute Gasteiger partial charge is 0.305 e. The molecule has 0 amide bonds. The number of halogens is 6. The van der Waals surface area contributed by atoms with Gasteiger partial charge in [-0.3, -0.25) is 0 Å². The van der Waals surface area contributed by atoms with Crippen LogP contribution >= 0.6 is 69.6 Å². The van der Waals surface area contributed by atoms with Gasteiger partial charge in [0.1, 0.15) is 0 Å². The highest BCUT2D eigenvalue weighted by Crippen LogP contribution is 2.39. The molecule has 1 saturated heterocycles.